The predicted octanol–water partition coefficient (Wildman–Crippen LogP) is 10.7. The van der Waals surface area contributed by atoms with E-state index in [0.717, 1.165) is 35.3 Å². The molecule has 2 aromatic heterocycles. The zero-order valence-corrected chi connectivity index (χ0v) is 24.8. The largest absolute Gasteiger partial charge is 0.455 e. The first-order valence-corrected chi connectivity index (χ1v) is 14.7. The molecule has 3 aromatic carbocycles. The van der Waals surface area contributed by atoms with Gasteiger partial charge >= 0.3 is 0 Å². The molecule has 0 saturated heterocycles. The zero-order chi connectivity index (χ0) is 27.6. The van der Waals surface area contributed by atoms with E-state index in [9.17, 15) is 0 Å². The van der Waals surface area contributed by atoms with E-state index in [1.54, 1.807) is 0 Å². The summed E-state index contributed by atoms with van der Waals surface area (Å²) in [6.07, 6.45) is 4.31. The van der Waals surface area contributed by atoms with Gasteiger partial charge in [-0.3, -0.25) is 4.98 Å². The van der Waals surface area contributed by atoms with Crippen molar-refractivity contribution in [3.8, 4) is 22.4 Å². The van der Waals surface area contributed by atoms with Crippen LogP contribution in [0.2, 0.25) is 0 Å². The van der Waals surface area contributed by atoms with Gasteiger partial charge in [-0.25, -0.2) is 0 Å². The maximum absolute atomic E-state index is 6.78. The standard InChI is InChI=1S/C37H41NO/c1-21(2)18-37(19-22(3)4)31-12-10-9-11-26(31)29-17-34-30(15-32(29)37)27-14-13-24(7)35(36(27)39-34)33-16-28(23(5)6)25(8)20-38-33/h9-17,20-23H,18-19H2,1-8H3. The Hall–Kier alpha value is -3.39. The molecule has 0 unspecified atom stereocenters. The van der Waals surface area contributed by atoms with Gasteiger partial charge in [0.15, 0.2) is 0 Å². The molecule has 0 fully saturated rings. The smallest absolute Gasteiger partial charge is 0.145 e. The van der Waals surface area contributed by atoms with E-state index in [1.165, 1.54) is 49.7 Å². The number of hydrogen-bond acceptors (Lipinski definition) is 2. The Morgan fingerprint density at radius 1 is 0.744 bits per heavy atom. The van der Waals surface area contributed by atoms with Crippen LogP contribution in [0.15, 0.2) is 65.2 Å². The number of benzene rings is 3. The summed E-state index contributed by atoms with van der Waals surface area (Å²) in [5.74, 6) is 1.63. The van der Waals surface area contributed by atoms with Gasteiger partial charge in [-0.2, -0.15) is 0 Å². The van der Waals surface area contributed by atoms with Crippen LogP contribution in [0.4, 0.5) is 0 Å². The van der Waals surface area contributed by atoms with E-state index < -0.39 is 0 Å². The van der Waals surface area contributed by atoms with Crippen LogP contribution < -0.4 is 0 Å². The minimum atomic E-state index is 0.0181. The Morgan fingerprint density at radius 2 is 1.46 bits per heavy atom. The molecule has 2 heteroatoms. The topological polar surface area (TPSA) is 26.0 Å². The first kappa shape index (κ1) is 25.9. The summed E-state index contributed by atoms with van der Waals surface area (Å²) < 4.78 is 6.78. The van der Waals surface area contributed by atoms with Gasteiger partial charge in [-0.15, -0.1) is 0 Å². The number of aromatic nitrogens is 1. The lowest BCUT2D eigenvalue weighted by atomic mass is 9.68. The van der Waals surface area contributed by atoms with Crippen LogP contribution >= 0.6 is 0 Å². The number of rotatable bonds is 6. The van der Waals surface area contributed by atoms with E-state index >= 15 is 0 Å². The van der Waals surface area contributed by atoms with Gasteiger partial charge in [0.25, 0.3) is 0 Å². The summed E-state index contributed by atoms with van der Waals surface area (Å²) >= 11 is 0. The van der Waals surface area contributed by atoms with Crippen LogP contribution in [0, 0.1) is 25.7 Å². The monoisotopic (exact) mass is 515 g/mol. The predicted molar refractivity (Wildman–Crippen MR) is 166 cm³/mol. The van der Waals surface area contributed by atoms with Gasteiger partial charge in [-0.05, 0) is 102 Å². The third-order valence-electron chi connectivity index (χ3n) is 8.77. The molecule has 0 amide bonds. The van der Waals surface area contributed by atoms with Crippen LogP contribution in [-0.4, -0.2) is 4.98 Å². The molecule has 0 radical (unpaired) electrons. The molecule has 0 atom stereocenters. The molecule has 39 heavy (non-hydrogen) atoms. The third-order valence-corrected chi connectivity index (χ3v) is 8.77. The fraction of sp³-hybridized carbons (Fsp3) is 0.378. The van der Waals surface area contributed by atoms with Crippen LogP contribution in [0.1, 0.15) is 88.1 Å². The molecular formula is C37H41NO. The summed E-state index contributed by atoms with van der Waals surface area (Å²) in [6.45, 7) is 18.3. The molecule has 0 N–H and O–H groups in total. The van der Waals surface area contributed by atoms with E-state index in [2.05, 4.69) is 110 Å². The van der Waals surface area contributed by atoms with Gasteiger partial charge < -0.3 is 4.42 Å². The summed E-state index contributed by atoms with van der Waals surface area (Å²) in [4.78, 5) is 4.89. The minimum Gasteiger partial charge on any atom is -0.455 e. The lowest BCUT2D eigenvalue weighted by Gasteiger charge is -2.35. The molecule has 2 heterocycles. The molecule has 0 aliphatic heterocycles. The first-order chi connectivity index (χ1) is 18.6. The van der Waals surface area contributed by atoms with Crippen molar-refractivity contribution in [2.45, 2.75) is 79.6 Å². The van der Waals surface area contributed by atoms with E-state index in [1.807, 2.05) is 6.20 Å². The Kier molecular flexibility index (Phi) is 6.21. The molecule has 200 valence electrons. The average Bonchev–Trinajstić information content (AvgIpc) is 3.35. The molecular weight excluding hydrogens is 474 g/mol. The fourth-order valence-electron chi connectivity index (χ4n) is 7.42. The summed E-state index contributed by atoms with van der Waals surface area (Å²) in [6, 6.07) is 20.6. The van der Waals surface area contributed by atoms with E-state index in [-0.39, 0.29) is 5.41 Å². The highest BCUT2D eigenvalue weighted by atomic mass is 16.3. The van der Waals surface area contributed by atoms with Crippen molar-refractivity contribution in [2.24, 2.45) is 11.8 Å². The highest BCUT2D eigenvalue weighted by molar-refractivity contribution is 6.11. The van der Waals surface area contributed by atoms with Crippen molar-refractivity contribution >= 4 is 21.9 Å². The lowest BCUT2D eigenvalue weighted by molar-refractivity contribution is 0.337. The van der Waals surface area contributed by atoms with E-state index in [0.29, 0.717) is 17.8 Å². The molecule has 2 nitrogen and oxygen atoms in total. The Labute approximate surface area is 233 Å². The Bertz CT molecular complexity index is 1710. The molecule has 5 aromatic rings. The molecule has 0 spiro atoms. The van der Waals surface area contributed by atoms with Gasteiger partial charge in [0.05, 0.1) is 5.69 Å². The number of nitrogens with zero attached hydrogens (tertiary/aromatic N) is 1. The molecule has 0 bridgehead atoms. The molecule has 1 aliphatic carbocycles. The van der Waals surface area contributed by atoms with Crippen molar-refractivity contribution in [3.63, 3.8) is 0 Å². The quantitative estimate of drug-likeness (QED) is 0.225. The van der Waals surface area contributed by atoms with Gasteiger partial charge in [0.1, 0.15) is 11.2 Å². The number of fused-ring (bicyclic) bond motifs is 6. The molecule has 1 aliphatic rings. The van der Waals surface area contributed by atoms with Gasteiger partial charge in [-0.1, -0.05) is 77.9 Å². The maximum atomic E-state index is 6.78. The number of aryl methyl sites for hydroxylation is 2. The number of furan rings is 1. The van der Waals surface area contributed by atoms with Crippen molar-refractivity contribution in [2.75, 3.05) is 0 Å². The number of hydrogen-bond donors (Lipinski definition) is 0. The Morgan fingerprint density at radius 3 is 2.15 bits per heavy atom. The van der Waals surface area contributed by atoms with Crippen LogP contribution in [0.5, 0.6) is 0 Å². The Balaban J connectivity index is 1.65. The minimum absolute atomic E-state index is 0.0181. The summed E-state index contributed by atoms with van der Waals surface area (Å²) in [5, 5.41) is 2.40. The highest BCUT2D eigenvalue weighted by Crippen LogP contribution is 2.56. The SMILES string of the molecule is Cc1cnc(-c2c(C)ccc3c2oc2cc4c(cc23)C(CC(C)C)(CC(C)C)c2ccccc2-4)cc1C(C)C. The highest BCUT2D eigenvalue weighted by Gasteiger charge is 2.44. The second-order valence-corrected chi connectivity index (χ2v) is 13.0. The summed E-state index contributed by atoms with van der Waals surface area (Å²) in [7, 11) is 0. The van der Waals surface area contributed by atoms with Crippen molar-refractivity contribution in [1.82, 2.24) is 4.98 Å². The van der Waals surface area contributed by atoms with Crippen LogP contribution in [0.25, 0.3) is 44.3 Å². The number of pyridine rings is 1. The van der Waals surface area contributed by atoms with Crippen LogP contribution in [0.3, 0.4) is 0 Å². The first-order valence-electron chi connectivity index (χ1n) is 14.7. The van der Waals surface area contributed by atoms with Gasteiger partial charge in [0.2, 0.25) is 0 Å². The van der Waals surface area contributed by atoms with Crippen molar-refractivity contribution in [3.05, 3.63) is 88.6 Å². The fourth-order valence-corrected chi connectivity index (χ4v) is 7.42. The van der Waals surface area contributed by atoms with E-state index in [4.69, 9.17) is 9.40 Å². The van der Waals surface area contributed by atoms with Gasteiger partial charge in [0, 0.05) is 27.9 Å². The lowest BCUT2D eigenvalue weighted by Crippen LogP contribution is -2.29. The van der Waals surface area contributed by atoms with Crippen LogP contribution in [-0.2, 0) is 5.41 Å². The third kappa shape index (κ3) is 4.03. The zero-order valence-electron chi connectivity index (χ0n) is 24.8. The average molecular weight is 516 g/mol. The molecule has 6 rings (SSSR count). The summed E-state index contributed by atoms with van der Waals surface area (Å²) in [5.41, 5.74) is 13.5. The second kappa shape index (κ2) is 9.37. The molecule has 0 saturated carbocycles. The maximum Gasteiger partial charge on any atom is 0.145 e. The normalized spacial score (nSPS) is 14.2. The van der Waals surface area contributed by atoms with Crippen molar-refractivity contribution < 1.29 is 4.42 Å². The van der Waals surface area contributed by atoms with Crippen molar-refractivity contribution in [1.29, 1.82) is 0 Å². The second-order valence-electron chi connectivity index (χ2n) is 13.0.